The summed E-state index contributed by atoms with van der Waals surface area (Å²) in [4.78, 5) is 4.06. The molecule has 2 aromatic heterocycles. The maximum absolute atomic E-state index is 13.6. The van der Waals surface area contributed by atoms with E-state index in [0.29, 0.717) is 0 Å². The molecule has 0 unspecified atom stereocenters. The molecular formula is C17H11FN2. The van der Waals surface area contributed by atoms with E-state index in [4.69, 9.17) is 0 Å². The topological polar surface area (TPSA) is 17.8 Å². The van der Waals surface area contributed by atoms with Gasteiger partial charge in [0.15, 0.2) is 0 Å². The quantitative estimate of drug-likeness (QED) is 0.499. The summed E-state index contributed by atoms with van der Waals surface area (Å²) in [6, 6.07) is 16.9. The van der Waals surface area contributed by atoms with Gasteiger partial charge < -0.3 is 4.57 Å². The summed E-state index contributed by atoms with van der Waals surface area (Å²) in [6.07, 6.45) is 3.53. The first-order chi connectivity index (χ1) is 9.84. The summed E-state index contributed by atoms with van der Waals surface area (Å²) in [6.45, 7) is 0. The van der Waals surface area contributed by atoms with Crippen LogP contribution in [0.4, 0.5) is 4.39 Å². The van der Waals surface area contributed by atoms with Crippen LogP contribution in [0, 0.1) is 5.82 Å². The van der Waals surface area contributed by atoms with Gasteiger partial charge in [-0.2, -0.15) is 0 Å². The summed E-state index contributed by atoms with van der Waals surface area (Å²) in [5.41, 5.74) is 3.09. The molecule has 0 radical (unpaired) electrons. The second-order valence-electron chi connectivity index (χ2n) is 4.72. The van der Waals surface area contributed by atoms with Gasteiger partial charge in [-0.25, -0.2) is 4.39 Å². The van der Waals surface area contributed by atoms with Gasteiger partial charge in [0.1, 0.15) is 5.82 Å². The zero-order chi connectivity index (χ0) is 13.5. The Morgan fingerprint density at radius 2 is 1.55 bits per heavy atom. The first-order valence-electron chi connectivity index (χ1n) is 6.44. The van der Waals surface area contributed by atoms with Gasteiger partial charge in [0.05, 0.1) is 11.0 Å². The second kappa shape index (κ2) is 4.17. The lowest BCUT2D eigenvalue weighted by Crippen LogP contribution is -1.93. The second-order valence-corrected chi connectivity index (χ2v) is 4.72. The number of pyridine rings is 1. The Morgan fingerprint density at radius 3 is 2.40 bits per heavy atom. The lowest BCUT2D eigenvalue weighted by atomic mass is 10.1. The Hall–Kier alpha value is -2.68. The molecule has 2 aromatic carbocycles. The van der Waals surface area contributed by atoms with Gasteiger partial charge in [-0.3, -0.25) is 4.98 Å². The van der Waals surface area contributed by atoms with Crippen molar-refractivity contribution in [1.82, 2.24) is 9.55 Å². The lowest BCUT2D eigenvalue weighted by molar-refractivity contribution is 0.629. The van der Waals surface area contributed by atoms with Crippen molar-refractivity contribution in [2.75, 3.05) is 0 Å². The van der Waals surface area contributed by atoms with Crippen LogP contribution in [-0.4, -0.2) is 9.55 Å². The zero-order valence-electron chi connectivity index (χ0n) is 10.6. The molecule has 0 spiro atoms. The Bertz CT molecular complexity index is 910. The molecule has 0 saturated carbocycles. The van der Waals surface area contributed by atoms with Crippen LogP contribution in [0.5, 0.6) is 0 Å². The van der Waals surface area contributed by atoms with E-state index in [1.807, 2.05) is 42.5 Å². The van der Waals surface area contributed by atoms with E-state index < -0.39 is 0 Å². The predicted molar refractivity (Wildman–Crippen MR) is 78.5 cm³/mol. The van der Waals surface area contributed by atoms with Gasteiger partial charge in [-0.1, -0.05) is 18.2 Å². The zero-order valence-corrected chi connectivity index (χ0v) is 10.6. The Kier molecular flexibility index (Phi) is 2.33. The maximum Gasteiger partial charge on any atom is 0.123 e. The van der Waals surface area contributed by atoms with Crippen molar-refractivity contribution in [2.45, 2.75) is 0 Å². The molecule has 3 heteroatoms. The number of halogens is 1. The number of fused-ring (bicyclic) bond motifs is 3. The smallest absolute Gasteiger partial charge is 0.123 e. The van der Waals surface area contributed by atoms with Gasteiger partial charge in [-0.15, -0.1) is 0 Å². The van der Waals surface area contributed by atoms with E-state index in [2.05, 4.69) is 9.55 Å². The van der Waals surface area contributed by atoms with Crippen LogP contribution in [0.1, 0.15) is 0 Å². The van der Waals surface area contributed by atoms with Crippen molar-refractivity contribution in [3.8, 4) is 5.69 Å². The molecule has 0 aliphatic rings. The molecule has 0 saturated heterocycles. The molecule has 20 heavy (non-hydrogen) atoms. The normalized spacial score (nSPS) is 11.2. The fourth-order valence-electron chi connectivity index (χ4n) is 2.72. The highest BCUT2D eigenvalue weighted by Crippen LogP contribution is 2.31. The molecule has 4 rings (SSSR count). The molecule has 0 N–H and O–H groups in total. The molecule has 96 valence electrons. The molecule has 0 aliphatic carbocycles. The van der Waals surface area contributed by atoms with Gasteiger partial charge in [0.2, 0.25) is 0 Å². The molecule has 0 bridgehead atoms. The Morgan fingerprint density at radius 1 is 0.800 bits per heavy atom. The van der Waals surface area contributed by atoms with Crippen molar-refractivity contribution < 1.29 is 4.39 Å². The molecule has 0 amide bonds. The molecule has 0 atom stereocenters. The number of hydrogen-bond acceptors (Lipinski definition) is 1. The van der Waals surface area contributed by atoms with Crippen LogP contribution in [0.3, 0.4) is 0 Å². The van der Waals surface area contributed by atoms with Crippen LogP contribution < -0.4 is 0 Å². The average Bonchev–Trinajstić information content (AvgIpc) is 2.82. The summed E-state index contributed by atoms with van der Waals surface area (Å²) in [7, 11) is 0. The summed E-state index contributed by atoms with van der Waals surface area (Å²) < 4.78 is 15.7. The molecule has 0 fully saturated rings. The van der Waals surface area contributed by atoms with Crippen LogP contribution in [0.15, 0.2) is 67.0 Å². The van der Waals surface area contributed by atoms with Gasteiger partial charge in [0, 0.05) is 28.9 Å². The van der Waals surface area contributed by atoms with E-state index in [0.717, 1.165) is 27.5 Å². The van der Waals surface area contributed by atoms with Crippen LogP contribution >= 0.6 is 0 Å². The SMILES string of the molecule is Fc1ccc2c(c1)c1ccccc1n2-c1ccncc1. The predicted octanol–water partition coefficient (Wildman–Crippen LogP) is 4.32. The minimum absolute atomic E-state index is 0.213. The standard InChI is InChI=1S/C17H11FN2/c18-12-5-6-17-15(11-12)14-3-1-2-4-16(14)20(17)13-7-9-19-10-8-13/h1-11H. The van der Waals surface area contributed by atoms with Crippen molar-refractivity contribution in [1.29, 1.82) is 0 Å². The fourth-order valence-corrected chi connectivity index (χ4v) is 2.72. The van der Waals surface area contributed by atoms with Crippen LogP contribution in [0.25, 0.3) is 27.5 Å². The van der Waals surface area contributed by atoms with Crippen molar-refractivity contribution in [2.24, 2.45) is 0 Å². The van der Waals surface area contributed by atoms with Gasteiger partial charge in [0.25, 0.3) is 0 Å². The number of rotatable bonds is 1. The fraction of sp³-hybridized carbons (Fsp3) is 0. The minimum Gasteiger partial charge on any atom is -0.309 e. The molecule has 2 nitrogen and oxygen atoms in total. The van der Waals surface area contributed by atoms with Crippen molar-refractivity contribution >= 4 is 21.8 Å². The third-order valence-corrected chi connectivity index (χ3v) is 3.56. The summed E-state index contributed by atoms with van der Waals surface area (Å²) >= 11 is 0. The van der Waals surface area contributed by atoms with E-state index >= 15 is 0 Å². The van der Waals surface area contributed by atoms with E-state index in [-0.39, 0.29) is 5.82 Å². The lowest BCUT2D eigenvalue weighted by Gasteiger charge is -2.06. The Balaban J connectivity index is 2.22. The number of hydrogen-bond donors (Lipinski definition) is 0. The minimum atomic E-state index is -0.213. The maximum atomic E-state index is 13.6. The highest BCUT2D eigenvalue weighted by Gasteiger charge is 2.11. The number of aromatic nitrogens is 2. The van der Waals surface area contributed by atoms with Crippen LogP contribution in [-0.2, 0) is 0 Å². The first kappa shape index (κ1) is 11.2. The molecule has 4 aromatic rings. The highest BCUT2D eigenvalue weighted by atomic mass is 19.1. The van der Waals surface area contributed by atoms with Crippen molar-refractivity contribution in [3.63, 3.8) is 0 Å². The molecule has 0 aliphatic heterocycles. The van der Waals surface area contributed by atoms with Gasteiger partial charge >= 0.3 is 0 Å². The number of nitrogens with zero attached hydrogens (tertiary/aromatic N) is 2. The van der Waals surface area contributed by atoms with Gasteiger partial charge in [-0.05, 0) is 36.4 Å². The Labute approximate surface area is 115 Å². The highest BCUT2D eigenvalue weighted by molar-refractivity contribution is 6.09. The third-order valence-electron chi connectivity index (χ3n) is 3.56. The monoisotopic (exact) mass is 262 g/mol. The van der Waals surface area contributed by atoms with E-state index in [1.165, 1.54) is 6.07 Å². The first-order valence-corrected chi connectivity index (χ1v) is 6.44. The average molecular weight is 262 g/mol. The van der Waals surface area contributed by atoms with E-state index in [9.17, 15) is 4.39 Å². The molecule has 2 heterocycles. The summed E-state index contributed by atoms with van der Waals surface area (Å²) in [5, 5.41) is 1.98. The van der Waals surface area contributed by atoms with E-state index in [1.54, 1.807) is 18.5 Å². The van der Waals surface area contributed by atoms with Crippen LogP contribution in [0.2, 0.25) is 0 Å². The van der Waals surface area contributed by atoms with Crippen molar-refractivity contribution in [3.05, 3.63) is 72.8 Å². The third kappa shape index (κ3) is 1.53. The largest absolute Gasteiger partial charge is 0.309 e. The number of benzene rings is 2. The molecular weight excluding hydrogens is 251 g/mol. The number of para-hydroxylation sites is 1. The summed E-state index contributed by atoms with van der Waals surface area (Å²) in [5.74, 6) is -0.213.